The number of rotatable bonds is 3. The predicted molar refractivity (Wildman–Crippen MR) is 120 cm³/mol. The highest BCUT2D eigenvalue weighted by Gasteiger charge is 2.33. The molecule has 1 amide bonds. The molecule has 0 saturated heterocycles. The van der Waals surface area contributed by atoms with Gasteiger partial charge in [-0.1, -0.05) is 73.8 Å². The summed E-state index contributed by atoms with van der Waals surface area (Å²) in [4.78, 5) is 13.3. The van der Waals surface area contributed by atoms with Gasteiger partial charge in [0.2, 0.25) is 0 Å². The summed E-state index contributed by atoms with van der Waals surface area (Å²) in [6.45, 7) is 0. The maximum atomic E-state index is 13.3. The number of halogens is 3. The number of carbonyl (C=O) groups excluding carboxylic acids is 1. The minimum Gasteiger partial charge on any atom is -0.267 e. The fourth-order valence-corrected chi connectivity index (χ4v) is 4.27. The van der Waals surface area contributed by atoms with Gasteiger partial charge in [-0.05, 0) is 53.6 Å². The number of benzene rings is 3. The van der Waals surface area contributed by atoms with Crippen LogP contribution in [0.3, 0.4) is 0 Å². The average Bonchev–Trinajstić information content (AvgIpc) is 3.13. The number of amides is 1. The minimum absolute atomic E-state index is 0.169. The molecule has 3 aromatic rings. The highest BCUT2D eigenvalue weighted by Crippen LogP contribution is 2.35. The fourth-order valence-electron chi connectivity index (χ4n) is 3.27. The lowest BCUT2D eigenvalue weighted by atomic mass is 9.98. The number of carbonyl (C=O) groups is 1. The summed E-state index contributed by atoms with van der Waals surface area (Å²) < 4.78 is 1.95. The second-order valence-corrected chi connectivity index (χ2v) is 8.76. The molecule has 4 rings (SSSR count). The zero-order valence-electron chi connectivity index (χ0n) is 14.6. The van der Waals surface area contributed by atoms with Crippen LogP contribution in [0.2, 0.25) is 5.02 Å². The Balaban J connectivity index is 1.76. The molecule has 1 atom stereocenters. The molecule has 0 saturated carbocycles. The second-order valence-electron chi connectivity index (χ2n) is 6.49. The molecule has 0 aromatic heterocycles. The van der Waals surface area contributed by atoms with E-state index in [1.165, 1.54) is 0 Å². The van der Waals surface area contributed by atoms with Crippen molar-refractivity contribution < 1.29 is 4.79 Å². The Morgan fingerprint density at radius 3 is 2.39 bits per heavy atom. The normalized spacial score (nSPS) is 16.2. The smallest absolute Gasteiger partial charge is 0.267 e. The van der Waals surface area contributed by atoms with Crippen LogP contribution in [0.5, 0.6) is 0 Å². The van der Waals surface area contributed by atoms with Crippen molar-refractivity contribution in [2.45, 2.75) is 12.5 Å². The SMILES string of the molecule is O=C(c1cccc(Cl)c1)N1N=C(c2cccc(Br)c2)C[C@@H]1c1cccc(Br)c1. The second kappa shape index (κ2) is 8.19. The third-order valence-corrected chi connectivity index (χ3v) is 5.80. The van der Waals surface area contributed by atoms with E-state index in [9.17, 15) is 4.79 Å². The van der Waals surface area contributed by atoms with Crippen LogP contribution in [-0.2, 0) is 0 Å². The van der Waals surface area contributed by atoms with Gasteiger partial charge in [-0.25, -0.2) is 5.01 Å². The van der Waals surface area contributed by atoms with E-state index in [2.05, 4.69) is 31.9 Å². The van der Waals surface area contributed by atoms with Crippen molar-refractivity contribution in [1.82, 2.24) is 5.01 Å². The molecule has 6 heteroatoms. The van der Waals surface area contributed by atoms with Crippen LogP contribution < -0.4 is 0 Å². The summed E-state index contributed by atoms with van der Waals surface area (Å²) in [7, 11) is 0. The van der Waals surface area contributed by atoms with Gasteiger partial charge in [0, 0.05) is 26.0 Å². The van der Waals surface area contributed by atoms with E-state index in [0.717, 1.165) is 25.8 Å². The molecule has 0 fully saturated rings. The molecule has 0 aliphatic carbocycles. The Kier molecular flexibility index (Phi) is 5.67. The first-order valence-corrected chi connectivity index (χ1v) is 10.7. The highest BCUT2D eigenvalue weighted by molar-refractivity contribution is 9.10. The summed E-state index contributed by atoms with van der Waals surface area (Å²) in [5, 5.41) is 6.82. The van der Waals surface area contributed by atoms with E-state index >= 15 is 0 Å². The molecule has 0 spiro atoms. The molecule has 0 N–H and O–H groups in total. The van der Waals surface area contributed by atoms with Crippen LogP contribution >= 0.6 is 43.5 Å². The van der Waals surface area contributed by atoms with Gasteiger partial charge in [-0.3, -0.25) is 4.79 Å². The Labute approximate surface area is 185 Å². The molecule has 1 aliphatic rings. The van der Waals surface area contributed by atoms with Crippen LogP contribution in [0.4, 0.5) is 0 Å². The van der Waals surface area contributed by atoms with E-state index in [0.29, 0.717) is 17.0 Å². The van der Waals surface area contributed by atoms with Gasteiger partial charge in [-0.15, -0.1) is 0 Å². The van der Waals surface area contributed by atoms with Gasteiger partial charge in [0.25, 0.3) is 5.91 Å². The molecule has 3 nitrogen and oxygen atoms in total. The van der Waals surface area contributed by atoms with Crippen LogP contribution in [-0.4, -0.2) is 16.6 Å². The standard InChI is InChI=1S/C22H15Br2ClN2O/c23-17-7-1-4-14(10-17)20-13-21(15-5-2-8-18(24)11-15)27(26-20)22(28)16-6-3-9-19(25)12-16/h1-12,21H,13H2/t21-/m1/s1. The van der Waals surface area contributed by atoms with Crippen LogP contribution in [0.25, 0.3) is 0 Å². The van der Waals surface area contributed by atoms with E-state index in [4.69, 9.17) is 16.7 Å². The zero-order valence-corrected chi connectivity index (χ0v) is 18.6. The maximum absolute atomic E-state index is 13.3. The zero-order chi connectivity index (χ0) is 19.7. The highest BCUT2D eigenvalue weighted by atomic mass is 79.9. The first-order valence-electron chi connectivity index (χ1n) is 8.69. The van der Waals surface area contributed by atoms with Crippen molar-refractivity contribution in [2.24, 2.45) is 5.10 Å². The maximum Gasteiger partial charge on any atom is 0.274 e. The molecule has 1 heterocycles. The van der Waals surface area contributed by atoms with Crippen molar-refractivity contribution in [3.05, 3.63) is 103 Å². The van der Waals surface area contributed by atoms with Gasteiger partial charge < -0.3 is 0 Å². The Morgan fingerprint density at radius 2 is 1.68 bits per heavy atom. The molecule has 140 valence electrons. The van der Waals surface area contributed by atoms with E-state index in [1.54, 1.807) is 29.3 Å². The molecular weight excluding hydrogens is 504 g/mol. The third kappa shape index (κ3) is 4.07. The van der Waals surface area contributed by atoms with Crippen molar-refractivity contribution in [3.63, 3.8) is 0 Å². The van der Waals surface area contributed by atoms with Crippen LogP contribution in [0.1, 0.15) is 33.9 Å². The molecule has 0 bridgehead atoms. The lowest BCUT2D eigenvalue weighted by molar-refractivity contribution is 0.0711. The Bertz CT molecular complexity index is 1080. The number of hydrogen-bond acceptors (Lipinski definition) is 2. The average molecular weight is 519 g/mol. The first kappa shape index (κ1) is 19.4. The Morgan fingerprint density at radius 1 is 0.964 bits per heavy atom. The number of hydrogen-bond donors (Lipinski definition) is 0. The van der Waals surface area contributed by atoms with Crippen LogP contribution in [0.15, 0.2) is 86.8 Å². The summed E-state index contributed by atoms with van der Waals surface area (Å²) in [5.74, 6) is -0.169. The topological polar surface area (TPSA) is 32.7 Å². The lowest BCUT2D eigenvalue weighted by Gasteiger charge is -2.22. The van der Waals surface area contributed by atoms with Crippen molar-refractivity contribution in [2.75, 3.05) is 0 Å². The fraction of sp³-hybridized carbons (Fsp3) is 0.0909. The molecular formula is C22H15Br2ClN2O. The quantitative estimate of drug-likeness (QED) is 0.373. The number of nitrogens with zero attached hydrogens (tertiary/aromatic N) is 2. The summed E-state index contributed by atoms with van der Waals surface area (Å²) in [6.07, 6.45) is 0.638. The predicted octanol–water partition coefficient (Wildman–Crippen LogP) is 6.86. The molecule has 1 aliphatic heterocycles. The minimum atomic E-state index is -0.182. The lowest BCUT2D eigenvalue weighted by Crippen LogP contribution is -2.27. The van der Waals surface area contributed by atoms with Crippen molar-refractivity contribution in [3.8, 4) is 0 Å². The van der Waals surface area contributed by atoms with E-state index in [1.807, 2.05) is 48.5 Å². The first-order chi connectivity index (χ1) is 13.5. The van der Waals surface area contributed by atoms with Gasteiger partial charge >= 0.3 is 0 Å². The van der Waals surface area contributed by atoms with Crippen LogP contribution in [0, 0.1) is 0 Å². The van der Waals surface area contributed by atoms with E-state index in [-0.39, 0.29) is 11.9 Å². The molecule has 28 heavy (non-hydrogen) atoms. The van der Waals surface area contributed by atoms with Gasteiger partial charge in [0.15, 0.2) is 0 Å². The van der Waals surface area contributed by atoms with Crippen molar-refractivity contribution in [1.29, 1.82) is 0 Å². The summed E-state index contributed by atoms with van der Waals surface area (Å²) in [5.41, 5.74) is 3.42. The van der Waals surface area contributed by atoms with E-state index < -0.39 is 0 Å². The monoisotopic (exact) mass is 516 g/mol. The molecule has 0 radical (unpaired) electrons. The largest absolute Gasteiger partial charge is 0.274 e. The van der Waals surface area contributed by atoms with Gasteiger partial charge in [-0.2, -0.15) is 5.10 Å². The third-order valence-electron chi connectivity index (χ3n) is 4.58. The Hall–Kier alpha value is -1.95. The number of hydrazone groups is 1. The molecule has 0 unspecified atom stereocenters. The van der Waals surface area contributed by atoms with Crippen molar-refractivity contribution >= 4 is 55.1 Å². The molecule has 3 aromatic carbocycles. The summed E-state index contributed by atoms with van der Waals surface area (Å²) in [6, 6.07) is 22.7. The van der Waals surface area contributed by atoms with Gasteiger partial charge in [0.1, 0.15) is 0 Å². The van der Waals surface area contributed by atoms with Gasteiger partial charge in [0.05, 0.1) is 11.8 Å². The summed E-state index contributed by atoms with van der Waals surface area (Å²) >= 11 is 13.1.